The van der Waals surface area contributed by atoms with Crippen molar-refractivity contribution in [2.24, 2.45) is 5.92 Å². The van der Waals surface area contributed by atoms with Crippen molar-refractivity contribution in [2.45, 2.75) is 45.1 Å². The average molecular weight is 216 g/mol. The Bertz CT molecular complexity index is 182. The molecule has 0 heterocycles. The molecule has 1 aliphatic rings. The smallest absolute Gasteiger partial charge is 0.164 e. The lowest BCUT2D eigenvalue weighted by atomic mass is 9.83. The number of hydrogen-bond donors (Lipinski definition) is 1. The third-order valence-electron chi connectivity index (χ3n) is 2.81. The van der Waals surface area contributed by atoms with Gasteiger partial charge in [-0.3, -0.25) is 4.79 Å². The van der Waals surface area contributed by atoms with Gasteiger partial charge in [-0.15, -0.1) is 0 Å². The second-order valence-corrected chi connectivity index (χ2v) is 5.28. The highest BCUT2D eigenvalue weighted by molar-refractivity contribution is 7.99. The molecule has 82 valence electrons. The molecule has 0 aromatic carbocycles. The van der Waals surface area contributed by atoms with Gasteiger partial charge in [0.1, 0.15) is 6.10 Å². The first-order chi connectivity index (χ1) is 6.75. The number of carbonyl (C=O) groups is 1. The molecular formula is C11H20O2S. The normalized spacial score (nSPS) is 28.0. The van der Waals surface area contributed by atoms with Gasteiger partial charge < -0.3 is 5.11 Å². The SMILES string of the molecule is CCSCCCC1CCCC(O)C1=O. The quantitative estimate of drug-likeness (QED) is 0.716. The number of Topliss-reactive ketones (excluding diaryl/α,β-unsaturated/α-hetero) is 1. The fourth-order valence-corrected chi connectivity index (χ4v) is 2.64. The summed E-state index contributed by atoms with van der Waals surface area (Å²) in [5.74, 6) is 2.55. The molecule has 0 aromatic heterocycles. The molecule has 2 atom stereocenters. The van der Waals surface area contributed by atoms with Crippen LogP contribution in [0.1, 0.15) is 39.0 Å². The molecule has 2 nitrogen and oxygen atoms in total. The highest BCUT2D eigenvalue weighted by Crippen LogP contribution is 2.25. The zero-order valence-corrected chi connectivity index (χ0v) is 9.68. The lowest BCUT2D eigenvalue weighted by Gasteiger charge is -2.24. The molecule has 1 rings (SSSR count). The van der Waals surface area contributed by atoms with E-state index in [0.717, 1.165) is 37.2 Å². The second kappa shape index (κ2) is 6.46. The molecule has 0 radical (unpaired) electrons. The van der Waals surface area contributed by atoms with Crippen LogP contribution in [0.5, 0.6) is 0 Å². The maximum Gasteiger partial charge on any atom is 0.164 e. The first-order valence-corrected chi connectivity index (χ1v) is 6.70. The molecule has 0 aliphatic heterocycles. The number of aliphatic hydroxyl groups excluding tert-OH is 1. The zero-order valence-electron chi connectivity index (χ0n) is 8.87. The zero-order chi connectivity index (χ0) is 10.4. The molecule has 0 saturated heterocycles. The van der Waals surface area contributed by atoms with E-state index in [0.29, 0.717) is 6.42 Å². The minimum absolute atomic E-state index is 0.0951. The first-order valence-electron chi connectivity index (χ1n) is 5.55. The van der Waals surface area contributed by atoms with E-state index in [1.165, 1.54) is 0 Å². The predicted molar refractivity (Wildman–Crippen MR) is 60.6 cm³/mol. The van der Waals surface area contributed by atoms with E-state index >= 15 is 0 Å². The molecular weight excluding hydrogens is 196 g/mol. The standard InChI is InChI=1S/C11H20O2S/c1-2-14-8-4-6-9-5-3-7-10(12)11(9)13/h9-10,12H,2-8H2,1H3. The van der Waals surface area contributed by atoms with Gasteiger partial charge >= 0.3 is 0 Å². The third kappa shape index (κ3) is 3.62. The van der Waals surface area contributed by atoms with Crippen LogP contribution in [0.15, 0.2) is 0 Å². The number of ketones is 1. The third-order valence-corrected chi connectivity index (χ3v) is 3.79. The Morgan fingerprint density at radius 2 is 2.29 bits per heavy atom. The van der Waals surface area contributed by atoms with Gasteiger partial charge in [0, 0.05) is 5.92 Å². The summed E-state index contributed by atoms with van der Waals surface area (Å²) in [4.78, 5) is 11.5. The second-order valence-electron chi connectivity index (χ2n) is 3.89. The van der Waals surface area contributed by atoms with Crippen molar-refractivity contribution < 1.29 is 9.90 Å². The monoisotopic (exact) mass is 216 g/mol. The minimum atomic E-state index is -0.660. The Hall–Kier alpha value is -0.0200. The van der Waals surface area contributed by atoms with Crippen LogP contribution in [0.2, 0.25) is 0 Å². The lowest BCUT2D eigenvalue weighted by Crippen LogP contribution is -2.32. The number of carbonyl (C=O) groups excluding carboxylic acids is 1. The van der Waals surface area contributed by atoms with Gasteiger partial charge in [0.25, 0.3) is 0 Å². The molecule has 1 fully saturated rings. The van der Waals surface area contributed by atoms with Crippen LogP contribution in [0.25, 0.3) is 0 Å². The molecule has 1 aliphatic carbocycles. The van der Waals surface area contributed by atoms with Crippen molar-refractivity contribution in [3.63, 3.8) is 0 Å². The van der Waals surface area contributed by atoms with E-state index in [2.05, 4.69) is 6.92 Å². The van der Waals surface area contributed by atoms with Crippen LogP contribution in [0, 0.1) is 5.92 Å². The summed E-state index contributed by atoms with van der Waals surface area (Å²) >= 11 is 1.92. The summed E-state index contributed by atoms with van der Waals surface area (Å²) in [5.41, 5.74) is 0. The summed E-state index contributed by atoms with van der Waals surface area (Å²) in [6.07, 6.45) is 4.11. The van der Waals surface area contributed by atoms with E-state index in [1.807, 2.05) is 11.8 Å². The Labute approximate surface area is 90.5 Å². The molecule has 1 saturated carbocycles. The number of hydrogen-bond acceptors (Lipinski definition) is 3. The topological polar surface area (TPSA) is 37.3 Å². The van der Waals surface area contributed by atoms with Gasteiger partial charge in [-0.05, 0) is 43.6 Å². The molecule has 0 bridgehead atoms. The maximum atomic E-state index is 11.5. The number of aliphatic hydroxyl groups is 1. The first kappa shape index (κ1) is 12.1. The van der Waals surface area contributed by atoms with Crippen LogP contribution in [-0.4, -0.2) is 28.5 Å². The van der Waals surface area contributed by atoms with Crippen molar-refractivity contribution in [2.75, 3.05) is 11.5 Å². The summed E-state index contributed by atoms with van der Waals surface area (Å²) in [6.45, 7) is 2.15. The van der Waals surface area contributed by atoms with Crippen molar-refractivity contribution >= 4 is 17.5 Å². The van der Waals surface area contributed by atoms with Crippen molar-refractivity contribution in [1.29, 1.82) is 0 Å². The van der Waals surface area contributed by atoms with E-state index < -0.39 is 6.10 Å². The van der Waals surface area contributed by atoms with Crippen LogP contribution in [0.4, 0.5) is 0 Å². The Morgan fingerprint density at radius 3 is 3.00 bits per heavy atom. The number of rotatable bonds is 5. The van der Waals surface area contributed by atoms with Gasteiger partial charge in [-0.1, -0.05) is 6.92 Å². The van der Waals surface area contributed by atoms with Gasteiger partial charge in [0.2, 0.25) is 0 Å². The fraction of sp³-hybridized carbons (Fsp3) is 0.909. The van der Waals surface area contributed by atoms with Gasteiger partial charge in [-0.25, -0.2) is 0 Å². The fourth-order valence-electron chi connectivity index (χ4n) is 1.98. The summed E-state index contributed by atoms with van der Waals surface area (Å²) in [7, 11) is 0. The number of thioether (sulfide) groups is 1. The van der Waals surface area contributed by atoms with Gasteiger partial charge in [-0.2, -0.15) is 11.8 Å². The van der Waals surface area contributed by atoms with Gasteiger partial charge in [0.05, 0.1) is 0 Å². The summed E-state index contributed by atoms with van der Waals surface area (Å²) < 4.78 is 0. The highest BCUT2D eigenvalue weighted by Gasteiger charge is 2.28. The van der Waals surface area contributed by atoms with Gasteiger partial charge in [0.15, 0.2) is 5.78 Å². The van der Waals surface area contributed by atoms with Crippen LogP contribution in [0.3, 0.4) is 0 Å². The Kier molecular flexibility index (Phi) is 5.56. The Balaban J connectivity index is 2.19. The molecule has 0 aromatic rings. The maximum absolute atomic E-state index is 11.5. The average Bonchev–Trinajstić information content (AvgIpc) is 2.19. The molecule has 14 heavy (non-hydrogen) atoms. The van der Waals surface area contributed by atoms with Crippen molar-refractivity contribution in [3.8, 4) is 0 Å². The van der Waals surface area contributed by atoms with Crippen molar-refractivity contribution in [1.82, 2.24) is 0 Å². The largest absolute Gasteiger partial charge is 0.385 e. The summed E-state index contributed by atoms with van der Waals surface area (Å²) in [5, 5.41) is 9.40. The van der Waals surface area contributed by atoms with Crippen LogP contribution < -0.4 is 0 Å². The summed E-state index contributed by atoms with van der Waals surface area (Å²) in [6, 6.07) is 0. The molecule has 1 N–H and O–H groups in total. The Morgan fingerprint density at radius 1 is 1.50 bits per heavy atom. The van der Waals surface area contributed by atoms with E-state index in [4.69, 9.17) is 0 Å². The van der Waals surface area contributed by atoms with E-state index in [1.54, 1.807) is 0 Å². The molecule has 0 amide bonds. The molecule has 0 spiro atoms. The van der Waals surface area contributed by atoms with E-state index in [-0.39, 0.29) is 11.7 Å². The van der Waals surface area contributed by atoms with Crippen molar-refractivity contribution in [3.05, 3.63) is 0 Å². The van der Waals surface area contributed by atoms with E-state index in [9.17, 15) is 9.90 Å². The highest BCUT2D eigenvalue weighted by atomic mass is 32.2. The molecule has 2 unspecified atom stereocenters. The minimum Gasteiger partial charge on any atom is -0.385 e. The lowest BCUT2D eigenvalue weighted by molar-refractivity contribution is -0.134. The predicted octanol–water partition coefficient (Wildman–Crippen LogP) is 2.25. The van der Waals surface area contributed by atoms with Crippen LogP contribution >= 0.6 is 11.8 Å². The van der Waals surface area contributed by atoms with Crippen LogP contribution in [-0.2, 0) is 4.79 Å². The molecule has 3 heteroatoms.